The molecule has 0 aliphatic rings. The van der Waals surface area contributed by atoms with Crippen molar-refractivity contribution < 1.29 is 14.7 Å². The fourth-order valence-electron chi connectivity index (χ4n) is 1.77. The molecule has 0 unspecified atom stereocenters. The fourth-order valence-corrected chi connectivity index (χ4v) is 1.77. The van der Waals surface area contributed by atoms with E-state index in [1.165, 1.54) is 12.1 Å². The van der Waals surface area contributed by atoms with Gasteiger partial charge in [-0.15, -0.1) is 0 Å². The van der Waals surface area contributed by atoms with Crippen LogP contribution in [0.5, 0.6) is 5.75 Å². The van der Waals surface area contributed by atoms with Gasteiger partial charge >= 0.3 is 0 Å². The van der Waals surface area contributed by atoms with Crippen molar-refractivity contribution in [1.82, 2.24) is 4.57 Å². The number of aromatic hydroxyl groups is 1. The molecule has 0 saturated carbocycles. The van der Waals surface area contributed by atoms with Gasteiger partial charge in [0.2, 0.25) is 5.91 Å². The Balaban J connectivity index is 1.90. The molecule has 19 heavy (non-hydrogen) atoms. The van der Waals surface area contributed by atoms with Crippen LogP contribution in [0, 0.1) is 0 Å². The van der Waals surface area contributed by atoms with E-state index in [0.717, 1.165) is 6.29 Å². The highest BCUT2D eigenvalue weighted by molar-refractivity contribution is 5.90. The van der Waals surface area contributed by atoms with Gasteiger partial charge in [0.05, 0.1) is 5.69 Å². The second kappa shape index (κ2) is 5.86. The van der Waals surface area contributed by atoms with E-state index in [9.17, 15) is 14.7 Å². The maximum Gasteiger partial charge on any atom is 0.226 e. The third-order valence-electron chi connectivity index (χ3n) is 2.70. The summed E-state index contributed by atoms with van der Waals surface area (Å²) in [6.07, 6.45) is 2.77. The lowest BCUT2D eigenvalue weighted by molar-refractivity contribution is -0.116. The van der Waals surface area contributed by atoms with Crippen LogP contribution in [-0.2, 0) is 11.3 Å². The third kappa shape index (κ3) is 3.45. The topological polar surface area (TPSA) is 71.3 Å². The van der Waals surface area contributed by atoms with E-state index >= 15 is 0 Å². The molecule has 0 fully saturated rings. The first kappa shape index (κ1) is 12.9. The van der Waals surface area contributed by atoms with Crippen molar-refractivity contribution in [2.45, 2.75) is 13.0 Å². The lowest BCUT2D eigenvalue weighted by Crippen LogP contribution is -2.14. The minimum absolute atomic E-state index is 0.103. The van der Waals surface area contributed by atoms with E-state index < -0.39 is 0 Å². The van der Waals surface area contributed by atoms with Gasteiger partial charge in [0, 0.05) is 30.9 Å². The largest absolute Gasteiger partial charge is 0.508 e. The van der Waals surface area contributed by atoms with Gasteiger partial charge in [-0.25, -0.2) is 0 Å². The van der Waals surface area contributed by atoms with E-state index in [1.54, 1.807) is 35.0 Å². The number of amides is 1. The smallest absolute Gasteiger partial charge is 0.226 e. The van der Waals surface area contributed by atoms with Crippen LogP contribution in [0.4, 0.5) is 5.69 Å². The van der Waals surface area contributed by atoms with Crippen LogP contribution in [0.2, 0.25) is 0 Å². The molecule has 0 spiro atoms. The highest BCUT2D eigenvalue weighted by Gasteiger charge is 2.05. The Morgan fingerprint density at radius 2 is 2.16 bits per heavy atom. The van der Waals surface area contributed by atoms with Crippen LogP contribution in [-0.4, -0.2) is 21.9 Å². The molecule has 1 aromatic carbocycles. The van der Waals surface area contributed by atoms with Crippen LogP contribution < -0.4 is 5.32 Å². The van der Waals surface area contributed by atoms with Crippen molar-refractivity contribution in [2.24, 2.45) is 0 Å². The monoisotopic (exact) mass is 258 g/mol. The quantitative estimate of drug-likeness (QED) is 0.806. The molecule has 0 aliphatic heterocycles. The molecule has 1 amide bonds. The molecule has 98 valence electrons. The van der Waals surface area contributed by atoms with E-state index in [1.807, 2.05) is 0 Å². The maximum absolute atomic E-state index is 11.7. The number of aldehydes is 1. The second-order valence-electron chi connectivity index (χ2n) is 4.09. The molecule has 0 saturated heterocycles. The van der Waals surface area contributed by atoms with Gasteiger partial charge in [-0.05, 0) is 24.3 Å². The van der Waals surface area contributed by atoms with Gasteiger partial charge in [-0.1, -0.05) is 6.07 Å². The molecule has 5 heteroatoms. The number of carbonyl (C=O) groups excluding carboxylic acids is 2. The number of hydrogen-bond acceptors (Lipinski definition) is 3. The summed E-state index contributed by atoms with van der Waals surface area (Å²) in [4.78, 5) is 22.4. The van der Waals surface area contributed by atoms with Crippen molar-refractivity contribution >= 4 is 17.9 Å². The highest BCUT2D eigenvalue weighted by atomic mass is 16.3. The minimum atomic E-state index is -0.170. The second-order valence-corrected chi connectivity index (χ2v) is 4.09. The van der Waals surface area contributed by atoms with Crippen LogP contribution in [0.3, 0.4) is 0 Å². The number of hydrogen-bond donors (Lipinski definition) is 2. The molecule has 1 heterocycles. The summed E-state index contributed by atoms with van der Waals surface area (Å²) in [5, 5.41) is 12.0. The van der Waals surface area contributed by atoms with Crippen molar-refractivity contribution in [3.63, 3.8) is 0 Å². The Morgan fingerprint density at radius 1 is 1.32 bits per heavy atom. The zero-order valence-corrected chi connectivity index (χ0v) is 10.2. The average Bonchev–Trinajstić information content (AvgIpc) is 2.83. The van der Waals surface area contributed by atoms with Gasteiger partial charge in [-0.2, -0.15) is 0 Å². The first-order valence-corrected chi connectivity index (χ1v) is 5.88. The first-order valence-electron chi connectivity index (χ1n) is 5.88. The van der Waals surface area contributed by atoms with Crippen LogP contribution in [0.25, 0.3) is 0 Å². The Kier molecular flexibility index (Phi) is 3.97. The number of aryl methyl sites for hydroxylation is 1. The molecule has 2 aromatic rings. The molecule has 0 aliphatic carbocycles. The van der Waals surface area contributed by atoms with Gasteiger partial charge in [-0.3, -0.25) is 9.59 Å². The number of carbonyl (C=O) groups is 2. The van der Waals surface area contributed by atoms with Crippen molar-refractivity contribution in [1.29, 1.82) is 0 Å². The predicted molar refractivity (Wildman–Crippen MR) is 71.2 cm³/mol. The highest BCUT2D eigenvalue weighted by Crippen LogP contribution is 2.15. The first-order chi connectivity index (χ1) is 9.19. The molecule has 0 radical (unpaired) electrons. The van der Waals surface area contributed by atoms with Gasteiger partial charge < -0.3 is 15.0 Å². The van der Waals surface area contributed by atoms with Crippen molar-refractivity contribution in [3.05, 3.63) is 48.3 Å². The fraction of sp³-hybridized carbons (Fsp3) is 0.143. The Labute approximate surface area is 110 Å². The summed E-state index contributed by atoms with van der Waals surface area (Å²) in [6.45, 7) is 0.436. The van der Waals surface area contributed by atoms with Crippen LogP contribution in [0.15, 0.2) is 42.6 Å². The molecule has 2 N–H and O–H groups in total. The molecular formula is C14H14N2O3. The predicted octanol–water partition coefficient (Wildman–Crippen LogP) is 2.03. The summed E-state index contributed by atoms with van der Waals surface area (Å²) >= 11 is 0. The minimum Gasteiger partial charge on any atom is -0.508 e. The van der Waals surface area contributed by atoms with Gasteiger partial charge in [0.15, 0.2) is 6.29 Å². The normalized spacial score (nSPS) is 10.1. The van der Waals surface area contributed by atoms with E-state index in [2.05, 4.69) is 5.32 Å². The van der Waals surface area contributed by atoms with Crippen LogP contribution in [0.1, 0.15) is 16.9 Å². The number of phenols is 1. The number of benzene rings is 1. The zero-order chi connectivity index (χ0) is 13.7. The zero-order valence-electron chi connectivity index (χ0n) is 10.2. The number of rotatable bonds is 5. The molecule has 0 bridgehead atoms. The maximum atomic E-state index is 11.7. The van der Waals surface area contributed by atoms with E-state index in [-0.39, 0.29) is 18.1 Å². The lowest BCUT2D eigenvalue weighted by Gasteiger charge is -2.07. The van der Waals surface area contributed by atoms with E-state index in [4.69, 9.17) is 0 Å². The molecule has 2 rings (SSSR count). The lowest BCUT2D eigenvalue weighted by atomic mass is 10.3. The Hall–Kier alpha value is -2.56. The summed E-state index contributed by atoms with van der Waals surface area (Å²) in [6, 6.07) is 9.82. The average molecular weight is 258 g/mol. The van der Waals surface area contributed by atoms with Gasteiger partial charge in [0.25, 0.3) is 0 Å². The number of nitrogens with zero attached hydrogens (tertiary/aromatic N) is 1. The summed E-state index contributed by atoms with van der Waals surface area (Å²) < 4.78 is 1.72. The van der Waals surface area contributed by atoms with Crippen LogP contribution >= 0.6 is 0 Å². The molecular weight excluding hydrogens is 244 g/mol. The summed E-state index contributed by atoms with van der Waals surface area (Å²) in [5.41, 5.74) is 1.10. The number of phenolic OH excluding ortho intramolecular Hbond substituents is 1. The van der Waals surface area contributed by atoms with Crippen molar-refractivity contribution in [3.8, 4) is 5.75 Å². The van der Waals surface area contributed by atoms with E-state index in [0.29, 0.717) is 17.9 Å². The number of nitrogens with one attached hydrogen (secondary N) is 1. The SMILES string of the molecule is O=Cc1cccn1CCC(=O)Nc1cccc(O)c1. The third-order valence-corrected chi connectivity index (χ3v) is 2.70. The Bertz CT molecular complexity index is 590. The Morgan fingerprint density at radius 3 is 2.89 bits per heavy atom. The molecule has 5 nitrogen and oxygen atoms in total. The standard InChI is InChI=1S/C14H14N2O3/c17-10-12-4-2-7-16(12)8-6-14(19)15-11-3-1-5-13(18)9-11/h1-5,7,9-10,18H,6,8H2,(H,15,19). The molecule has 0 atom stereocenters. The summed E-state index contributed by atoms with van der Waals surface area (Å²) in [7, 11) is 0. The molecule has 1 aromatic heterocycles. The van der Waals surface area contributed by atoms with Crippen molar-refractivity contribution in [2.75, 3.05) is 5.32 Å². The summed E-state index contributed by atoms with van der Waals surface area (Å²) in [5.74, 6) is -0.0670. The van der Waals surface area contributed by atoms with Gasteiger partial charge in [0.1, 0.15) is 5.75 Å². The number of aromatic nitrogens is 1. The number of anilines is 1.